The Hall–Kier alpha value is -1.40. The molecule has 0 aromatic heterocycles. The van der Waals surface area contributed by atoms with Gasteiger partial charge in [0.25, 0.3) is 0 Å². The van der Waals surface area contributed by atoms with E-state index >= 15 is 0 Å². The van der Waals surface area contributed by atoms with Crippen LogP contribution in [-0.4, -0.2) is 26.0 Å². The predicted octanol–water partition coefficient (Wildman–Crippen LogP) is 2.81. The molecule has 1 aromatic rings. The van der Waals surface area contributed by atoms with Gasteiger partial charge >= 0.3 is 5.97 Å². The van der Waals surface area contributed by atoms with Gasteiger partial charge in [0.1, 0.15) is 0 Å². The van der Waals surface area contributed by atoms with Crippen LogP contribution >= 0.6 is 0 Å². The molecule has 2 N–H and O–H groups in total. The number of sulfonamides is 1. The molecule has 0 radical (unpaired) electrons. The van der Waals surface area contributed by atoms with Gasteiger partial charge in [-0.3, -0.25) is 0 Å². The third-order valence-electron chi connectivity index (χ3n) is 3.33. The van der Waals surface area contributed by atoms with Crippen molar-refractivity contribution in [2.75, 3.05) is 6.54 Å². The van der Waals surface area contributed by atoms with Gasteiger partial charge in [-0.1, -0.05) is 39.2 Å². The Morgan fingerprint density at radius 2 is 1.90 bits per heavy atom. The van der Waals surface area contributed by atoms with E-state index in [1.807, 2.05) is 6.92 Å². The summed E-state index contributed by atoms with van der Waals surface area (Å²) in [5.74, 6) is -1.10. The van der Waals surface area contributed by atoms with Gasteiger partial charge in [-0.25, -0.2) is 17.9 Å². The minimum Gasteiger partial charge on any atom is -0.478 e. The summed E-state index contributed by atoms with van der Waals surface area (Å²) in [4.78, 5) is 11.2. The summed E-state index contributed by atoms with van der Waals surface area (Å²) in [6, 6.07) is 4.25. The summed E-state index contributed by atoms with van der Waals surface area (Å²) in [6.45, 7) is 4.30. The normalized spacial score (nSPS) is 11.5. The average molecular weight is 313 g/mol. The minimum absolute atomic E-state index is 0.00703. The lowest BCUT2D eigenvalue weighted by molar-refractivity contribution is 0.0695. The lowest BCUT2D eigenvalue weighted by atomic mass is 10.1. The van der Waals surface area contributed by atoms with Gasteiger partial charge in [-0.15, -0.1) is 0 Å². The van der Waals surface area contributed by atoms with E-state index in [1.165, 1.54) is 12.1 Å². The summed E-state index contributed by atoms with van der Waals surface area (Å²) < 4.78 is 26.8. The summed E-state index contributed by atoms with van der Waals surface area (Å²) in [5, 5.41) is 9.14. The van der Waals surface area contributed by atoms with Crippen molar-refractivity contribution in [2.45, 2.75) is 50.8 Å². The number of aryl methyl sites for hydroxylation is 1. The minimum atomic E-state index is -3.64. The molecule has 0 amide bonds. The second kappa shape index (κ2) is 8.14. The molecule has 0 atom stereocenters. The SMILES string of the molecule is CCCCCCNS(=O)(=O)c1ccc(CC)c(C(=O)O)c1. The maximum absolute atomic E-state index is 12.1. The molecule has 0 saturated carbocycles. The first-order valence-corrected chi connectivity index (χ1v) is 8.76. The van der Waals surface area contributed by atoms with Crippen molar-refractivity contribution in [3.05, 3.63) is 29.3 Å². The number of nitrogens with one attached hydrogen (secondary N) is 1. The zero-order chi connectivity index (χ0) is 15.9. The molecule has 0 bridgehead atoms. The Balaban J connectivity index is 2.83. The number of aromatic carboxylic acids is 1. The molecule has 0 saturated heterocycles. The molecule has 5 nitrogen and oxygen atoms in total. The number of rotatable bonds is 9. The van der Waals surface area contributed by atoms with Crippen molar-refractivity contribution >= 4 is 16.0 Å². The first kappa shape index (κ1) is 17.7. The monoisotopic (exact) mass is 313 g/mol. The van der Waals surface area contributed by atoms with Gasteiger partial charge in [0.2, 0.25) is 10.0 Å². The highest BCUT2D eigenvalue weighted by Crippen LogP contribution is 2.17. The van der Waals surface area contributed by atoms with Crippen LogP contribution in [-0.2, 0) is 16.4 Å². The molecule has 0 aliphatic heterocycles. The molecule has 1 aromatic carbocycles. The molecule has 0 aliphatic carbocycles. The highest BCUT2D eigenvalue weighted by molar-refractivity contribution is 7.89. The Labute approximate surface area is 126 Å². The van der Waals surface area contributed by atoms with Crippen LogP contribution in [0.5, 0.6) is 0 Å². The maximum Gasteiger partial charge on any atom is 0.336 e. The van der Waals surface area contributed by atoms with Crippen molar-refractivity contribution in [3.8, 4) is 0 Å². The fourth-order valence-corrected chi connectivity index (χ4v) is 3.17. The summed E-state index contributed by atoms with van der Waals surface area (Å²) in [7, 11) is -3.64. The number of hydrogen-bond donors (Lipinski definition) is 2. The Morgan fingerprint density at radius 3 is 2.48 bits per heavy atom. The van der Waals surface area contributed by atoms with Gasteiger partial charge in [0, 0.05) is 6.54 Å². The second-order valence-corrected chi connectivity index (χ2v) is 6.70. The van der Waals surface area contributed by atoms with Gasteiger partial charge in [-0.2, -0.15) is 0 Å². The predicted molar refractivity (Wildman–Crippen MR) is 82.1 cm³/mol. The van der Waals surface area contributed by atoms with Crippen molar-refractivity contribution < 1.29 is 18.3 Å². The van der Waals surface area contributed by atoms with Crippen LogP contribution in [0.25, 0.3) is 0 Å². The highest BCUT2D eigenvalue weighted by atomic mass is 32.2. The van der Waals surface area contributed by atoms with Crippen LogP contribution in [0, 0.1) is 0 Å². The van der Waals surface area contributed by atoms with E-state index in [0.29, 0.717) is 18.5 Å². The molecule has 118 valence electrons. The zero-order valence-electron chi connectivity index (χ0n) is 12.6. The quantitative estimate of drug-likeness (QED) is 0.687. The molecular weight excluding hydrogens is 290 g/mol. The topological polar surface area (TPSA) is 83.5 Å². The third kappa shape index (κ3) is 5.13. The number of benzene rings is 1. The van der Waals surface area contributed by atoms with E-state index in [1.54, 1.807) is 6.07 Å². The zero-order valence-corrected chi connectivity index (χ0v) is 13.4. The molecule has 0 spiro atoms. The molecule has 21 heavy (non-hydrogen) atoms. The fraction of sp³-hybridized carbons (Fsp3) is 0.533. The van der Waals surface area contributed by atoms with Gasteiger partial charge in [0.15, 0.2) is 0 Å². The van der Waals surface area contributed by atoms with E-state index in [2.05, 4.69) is 11.6 Å². The Bertz CT molecular complexity index is 581. The Morgan fingerprint density at radius 1 is 1.19 bits per heavy atom. The number of carbonyl (C=O) groups is 1. The third-order valence-corrected chi connectivity index (χ3v) is 4.78. The molecule has 0 unspecified atom stereocenters. The number of carboxylic acids is 1. The number of carboxylic acid groups (broad SMARTS) is 1. The van der Waals surface area contributed by atoms with Crippen LogP contribution in [0.3, 0.4) is 0 Å². The van der Waals surface area contributed by atoms with E-state index in [0.717, 1.165) is 25.7 Å². The van der Waals surface area contributed by atoms with Crippen LogP contribution in [0.15, 0.2) is 23.1 Å². The molecule has 0 aliphatic rings. The summed E-state index contributed by atoms with van der Waals surface area (Å²) >= 11 is 0. The first-order chi connectivity index (χ1) is 9.92. The summed E-state index contributed by atoms with van der Waals surface area (Å²) in [6.07, 6.45) is 4.48. The van der Waals surface area contributed by atoms with Gasteiger partial charge in [0.05, 0.1) is 10.5 Å². The molecular formula is C15H23NO4S. The van der Waals surface area contributed by atoms with E-state index in [9.17, 15) is 13.2 Å². The number of unbranched alkanes of at least 4 members (excludes halogenated alkanes) is 3. The lowest BCUT2D eigenvalue weighted by Crippen LogP contribution is -2.25. The molecule has 1 rings (SSSR count). The van der Waals surface area contributed by atoms with Crippen molar-refractivity contribution in [2.24, 2.45) is 0 Å². The standard InChI is InChI=1S/C15H23NO4S/c1-3-5-6-7-10-16-21(19,20)13-9-8-12(4-2)14(11-13)15(17)18/h8-9,11,16H,3-7,10H2,1-2H3,(H,17,18). The average Bonchev–Trinajstić information content (AvgIpc) is 2.46. The van der Waals surface area contributed by atoms with Crippen molar-refractivity contribution in [3.63, 3.8) is 0 Å². The van der Waals surface area contributed by atoms with Crippen LogP contribution in [0.1, 0.15) is 55.5 Å². The Kier molecular flexibility index (Phi) is 6.84. The highest BCUT2D eigenvalue weighted by Gasteiger charge is 2.17. The van der Waals surface area contributed by atoms with Crippen LogP contribution in [0.2, 0.25) is 0 Å². The van der Waals surface area contributed by atoms with Crippen molar-refractivity contribution in [1.82, 2.24) is 4.72 Å². The molecule has 0 heterocycles. The van der Waals surface area contributed by atoms with Crippen LogP contribution < -0.4 is 4.72 Å². The lowest BCUT2D eigenvalue weighted by Gasteiger charge is -2.09. The van der Waals surface area contributed by atoms with Crippen LogP contribution in [0.4, 0.5) is 0 Å². The second-order valence-electron chi connectivity index (χ2n) is 4.94. The largest absolute Gasteiger partial charge is 0.478 e. The fourth-order valence-electron chi connectivity index (χ4n) is 2.07. The smallest absolute Gasteiger partial charge is 0.336 e. The van der Waals surface area contributed by atoms with Gasteiger partial charge in [-0.05, 0) is 30.5 Å². The van der Waals surface area contributed by atoms with Gasteiger partial charge < -0.3 is 5.11 Å². The maximum atomic E-state index is 12.1. The first-order valence-electron chi connectivity index (χ1n) is 7.28. The molecule has 0 fully saturated rings. The molecule has 6 heteroatoms. The van der Waals surface area contributed by atoms with E-state index < -0.39 is 16.0 Å². The number of hydrogen-bond acceptors (Lipinski definition) is 3. The summed E-state index contributed by atoms with van der Waals surface area (Å²) in [5.41, 5.74) is 0.677. The van der Waals surface area contributed by atoms with E-state index in [4.69, 9.17) is 5.11 Å². The van der Waals surface area contributed by atoms with E-state index in [-0.39, 0.29) is 10.5 Å². The van der Waals surface area contributed by atoms with Crippen molar-refractivity contribution in [1.29, 1.82) is 0 Å².